The summed E-state index contributed by atoms with van der Waals surface area (Å²) in [4.78, 5) is 5.09. The topological polar surface area (TPSA) is 24.4 Å². The molecule has 2 nitrogen and oxygen atoms in total. The van der Waals surface area contributed by atoms with Crippen molar-refractivity contribution >= 4 is 5.71 Å². The molecule has 18 heavy (non-hydrogen) atoms. The molecule has 0 saturated heterocycles. The molecule has 4 aliphatic rings. The summed E-state index contributed by atoms with van der Waals surface area (Å²) in [5.74, 6) is 1.41. The summed E-state index contributed by atoms with van der Waals surface area (Å²) in [6.45, 7) is 5.82. The maximum absolute atomic E-state index is 5.09. The first-order chi connectivity index (χ1) is 8.66. The summed E-state index contributed by atoms with van der Waals surface area (Å²) in [5.41, 5.74) is 5.01. The SMILES string of the molecule is CC1C2CC3CC4=C(C=CCNC1(C)C4)CC3=N2. The summed E-state index contributed by atoms with van der Waals surface area (Å²) in [6, 6.07) is 0.557. The van der Waals surface area contributed by atoms with Gasteiger partial charge in [0.2, 0.25) is 0 Å². The van der Waals surface area contributed by atoms with Crippen LogP contribution in [0.5, 0.6) is 0 Å². The zero-order chi connectivity index (χ0) is 12.3. The van der Waals surface area contributed by atoms with E-state index in [-0.39, 0.29) is 5.54 Å². The first-order valence-electron chi connectivity index (χ1n) is 7.35. The second-order valence-electron chi connectivity index (χ2n) is 6.80. The van der Waals surface area contributed by atoms with E-state index in [4.69, 9.17) is 4.99 Å². The Labute approximate surface area is 109 Å². The number of hydrogen-bond acceptors (Lipinski definition) is 2. The molecule has 1 N–H and O–H groups in total. The van der Waals surface area contributed by atoms with E-state index in [2.05, 4.69) is 31.3 Å². The van der Waals surface area contributed by atoms with Crippen LogP contribution in [0.1, 0.15) is 39.5 Å². The van der Waals surface area contributed by atoms with Gasteiger partial charge >= 0.3 is 0 Å². The average Bonchev–Trinajstić information content (AvgIpc) is 2.74. The van der Waals surface area contributed by atoms with Gasteiger partial charge in [0.25, 0.3) is 0 Å². The minimum absolute atomic E-state index is 0.226. The molecule has 0 aromatic heterocycles. The van der Waals surface area contributed by atoms with Crippen molar-refractivity contribution in [1.29, 1.82) is 0 Å². The molecule has 0 aromatic carbocycles. The Balaban J connectivity index is 1.90. The highest BCUT2D eigenvalue weighted by molar-refractivity contribution is 5.92. The number of nitrogens with zero attached hydrogens (tertiary/aromatic N) is 1. The highest BCUT2D eigenvalue weighted by Gasteiger charge is 2.45. The predicted molar refractivity (Wildman–Crippen MR) is 74.9 cm³/mol. The highest BCUT2D eigenvalue weighted by Crippen LogP contribution is 2.46. The van der Waals surface area contributed by atoms with Crippen molar-refractivity contribution in [3.8, 4) is 0 Å². The fourth-order valence-corrected chi connectivity index (χ4v) is 4.36. The van der Waals surface area contributed by atoms with E-state index in [1.54, 1.807) is 11.1 Å². The van der Waals surface area contributed by atoms with Gasteiger partial charge in [0.05, 0.1) is 6.04 Å². The van der Waals surface area contributed by atoms with Crippen molar-refractivity contribution in [3.63, 3.8) is 0 Å². The molecular weight excluding hydrogens is 220 g/mol. The first kappa shape index (κ1) is 11.0. The molecule has 4 bridgehead atoms. The minimum Gasteiger partial charge on any atom is -0.307 e. The number of aliphatic imine (C=N–C) groups is 1. The molecule has 4 atom stereocenters. The van der Waals surface area contributed by atoms with E-state index in [9.17, 15) is 0 Å². The molecule has 2 aliphatic carbocycles. The third-order valence-electron chi connectivity index (χ3n) is 5.75. The van der Waals surface area contributed by atoms with Crippen LogP contribution < -0.4 is 5.32 Å². The average molecular weight is 242 g/mol. The second-order valence-corrected chi connectivity index (χ2v) is 6.80. The van der Waals surface area contributed by atoms with Gasteiger partial charge in [-0.15, -0.1) is 0 Å². The van der Waals surface area contributed by atoms with Crippen LogP contribution in [0.2, 0.25) is 0 Å². The monoisotopic (exact) mass is 242 g/mol. The van der Waals surface area contributed by atoms with Crippen LogP contribution in [-0.2, 0) is 0 Å². The van der Waals surface area contributed by atoms with Crippen LogP contribution in [-0.4, -0.2) is 23.8 Å². The fraction of sp³-hybridized carbons (Fsp3) is 0.688. The Morgan fingerprint density at radius 3 is 3.22 bits per heavy atom. The lowest BCUT2D eigenvalue weighted by Gasteiger charge is -2.43. The largest absolute Gasteiger partial charge is 0.307 e. The van der Waals surface area contributed by atoms with Gasteiger partial charge in [-0.3, -0.25) is 4.99 Å². The minimum atomic E-state index is 0.226. The number of allylic oxidation sites excluding steroid dienone is 2. The van der Waals surface area contributed by atoms with Gasteiger partial charge in [0, 0.05) is 30.1 Å². The van der Waals surface area contributed by atoms with E-state index >= 15 is 0 Å². The molecule has 0 aromatic rings. The lowest BCUT2D eigenvalue weighted by atomic mass is 9.68. The first-order valence-corrected chi connectivity index (χ1v) is 7.35. The molecule has 0 spiro atoms. The third-order valence-corrected chi connectivity index (χ3v) is 5.75. The maximum Gasteiger partial charge on any atom is 0.0548 e. The van der Waals surface area contributed by atoms with Gasteiger partial charge in [-0.2, -0.15) is 0 Å². The smallest absolute Gasteiger partial charge is 0.0548 e. The van der Waals surface area contributed by atoms with Crippen LogP contribution in [0.4, 0.5) is 0 Å². The van der Waals surface area contributed by atoms with Gasteiger partial charge in [-0.25, -0.2) is 0 Å². The zero-order valence-electron chi connectivity index (χ0n) is 11.4. The van der Waals surface area contributed by atoms with Crippen molar-refractivity contribution in [2.75, 3.05) is 6.54 Å². The Morgan fingerprint density at radius 1 is 1.44 bits per heavy atom. The van der Waals surface area contributed by atoms with Crippen molar-refractivity contribution < 1.29 is 0 Å². The third kappa shape index (κ3) is 1.41. The molecule has 2 aliphatic heterocycles. The maximum atomic E-state index is 5.09. The summed E-state index contributed by atoms with van der Waals surface area (Å²) < 4.78 is 0. The van der Waals surface area contributed by atoms with Gasteiger partial charge in [-0.1, -0.05) is 24.6 Å². The molecule has 2 heteroatoms. The van der Waals surface area contributed by atoms with Crippen molar-refractivity contribution in [2.24, 2.45) is 16.8 Å². The standard InChI is InChI=1S/C16H22N2/c1-10-14-8-12-6-13-9-16(10,2)17-5-3-4-11(13)7-15(12)18-14/h3-4,10,12,14,17H,5-9H2,1-2H3. The molecule has 0 radical (unpaired) electrons. The lowest BCUT2D eigenvalue weighted by molar-refractivity contribution is 0.200. The van der Waals surface area contributed by atoms with E-state index in [1.807, 2.05) is 0 Å². The molecule has 2 heterocycles. The fourth-order valence-electron chi connectivity index (χ4n) is 4.36. The van der Waals surface area contributed by atoms with Crippen LogP contribution in [0, 0.1) is 11.8 Å². The Bertz CT molecular complexity index is 485. The normalized spacial score (nSPS) is 45.7. The molecule has 0 amide bonds. The summed E-state index contributed by atoms with van der Waals surface area (Å²) >= 11 is 0. The van der Waals surface area contributed by atoms with Crippen LogP contribution in [0.15, 0.2) is 28.3 Å². The van der Waals surface area contributed by atoms with E-state index in [0.29, 0.717) is 12.0 Å². The van der Waals surface area contributed by atoms with Crippen molar-refractivity contribution in [3.05, 3.63) is 23.3 Å². The number of nitrogens with one attached hydrogen (secondary N) is 1. The van der Waals surface area contributed by atoms with E-state index < -0.39 is 0 Å². The molecule has 4 rings (SSSR count). The van der Waals surface area contributed by atoms with E-state index in [0.717, 1.165) is 18.9 Å². The molecule has 4 unspecified atom stereocenters. The van der Waals surface area contributed by atoms with Crippen LogP contribution in [0.3, 0.4) is 0 Å². The molecule has 96 valence electrons. The van der Waals surface area contributed by atoms with Gasteiger partial charge in [0.1, 0.15) is 0 Å². The van der Waals surface area contributed by atoms with Gasteiger partial charge in [-0.05, 0) is 37.7 Å². The second kappa shape index (κ2) is 3.57. The Hall–Kier alpha value is -0.890. The quantitative estimate of drug-likeness (QED) is 0.694. The predicted octanol–water partition coefficient (Wildman–Crippen LogP) is 2.86. The lowest BCUT2D eigenvalue weighted by Crippen LogP contribution is -2.52. The molecule has 1 fully saturated rings. The van der Waals surface area contributed by atoms with Gasteiger partial charge in [0.15, 0.2) is 0 Å². The number of rotatable bonds is 0. The Morgan fingerprint density at radius 2 is 2.33 bits per heavy atom. The number of hydrogen-bond donors (Lipinski definition) is 1. The van der Waals surface area contributed by atoms with Crippen LogP contribution >= 0.6 is 0 Å². The zero-order valence-corrected chi connectivity index (χ0v) is 11.4. The highest BCUT2D eigenvalue weighted by atomic mass is 15.0. The Kier molecular flexibility index (Phi) is 2.18. The van der Waals surface area contributed by atoms with Gasteiger partial charge < -0.3 is 5.32 Å². The summed E-state index contributed by atoms with van der Waals surface area (Å²) in [6.07, 6.45) is 9.59. The summed E-state index contributed by atoms with van der Waals surface area (Å²) in [5, 5.41) is 3.78. The van der Waals surface area contributed by atoms with E-state index in [1.165, 1.54) is 25.0 Å². The van der Waals surface area contributed by atoms with Crippen molar-refractivity contribution in [1.82, 2.24) is 5.32 Å². The number of fused-ring (bicyclic) bond motifs is 2. The summed E-state index contributed by atoms with van der Waals surface area (Å²) in [7, 11) is 0. The van der Waals surface area contributed by atoms with Crippen molar-refractivity contribution in [2.45, 2.75) is 51.1 Å². The molecular formula is C16H22N2. The molecule has 1 saturated carbocycles. The van der Waals surface area contributed by atoms with Crippen LogP contribution in [0.25, 0.3) is 0 Å².